The Hall–Kier alpha value is -5.74. The first-order valence-corrected chi connectivity index (χ1v) is 15.1. The number of rotatable bonds is 7. The Morgan fingerprint density at radius 2 is 0.818 bits per heavy atom. The lowest BCUT2D eigenvalue weighted by Crippen LogP contribution is -2.31. The van der Waals surface area contributed by atoms with Crippen LogP contribution in [0.3, 0.4) is 0 Å². The predicted molar refractivity (Wildman–Crippen MR) is 177 cm³/mol. The molecule has 0 spiro atoms. The van der Waals surface area contributed by atoms with Gasteiger partial charge < -0.3 is 0 Å². The second-order valence-corrected chi connectivity index (χ2v) is 11.3. The third-order valence-electron chi connectivity index (χ3n) is 8.42. The number of benzene rings is 6. The van der Waals surface area contributed by atoms with E-state index in [-0.39, 0.29) is 0 Å². The van der Waals surface area contributed by atoms with Gasteiger partial charge in [-0.2, -0.15) is 0 Å². The van der Waals surface area contributed by atoms with Crippen LogP contribution in [-0.4, -0.2) is 9.13 Å². The predicted octanol–water partition coefficient (Wildman–Crippen LogP) is 7.91. The maximum Gasteiger partial charge on any atom is 0.249 e. The molecule has 0 aliphatic heterocycles. The van der Waals surface area contributed by atoms with Crippen molar-refractivity contribution in [2.75, 3.05) is 0 Å². The number of imidazole rings is 2. The van der Waals surface area contributed by atoms with Gasteiger partial charge in [-0.25, -0.2) is 18.3 Å². The van der Waals surface area contributed by atoms with E-state index in [0.717, 1.165) is 24.5 Å². The minimum Gasteiger partial charge on any atom is -0.232 e. The number of hydrogen-bond acceptors (Lipinski definition) is 0. The van der Waals surface area contributed by atoms with Crippen LogP contribution in [0.5, 0.6) is 0 Å². The van der Waals surface area contributed by atoms with E-state index in [9.17, 15) is 0 Å². The fraction of sp³-hybridized carbons (Fsp3) is 0.0500. The van der Waals surface area contributed by atoms with Crippen molar-refractivity contribution in [2.45, 2.75) is 13.1 Å². The maximum absolute atomic E-state index is 2.27. The summed E-state index contributed by atoms with van der Waals surface area (Å²) in [5, 5.41) is 4.91. The highest BCUT2D eigenvalue weighted by molar-refractivity contribution is 6.11. The van der Waals surface area contributed by atoms with Gasteiger partial charge in [0.25, 0.3) is 0 Å². The number of nitrogens with zero attached hydrogens (tertiary/aromatic N) is 4. The van der Waals surface area contributed by atoms with Gasteiger partial charge in [-0.15, -0.1) is 0 Å². The summed E-state index contributed by atoms with van der Waals surface area (Å²) in [4.78, 5) is 0. The van der Waals surface area contributed by atoms with Crippen molar-refractivity contribution >= 4 is 21.5 Å². The molecule has 0 bridgehead atoms. The van der Waals surface area contributed by atoms with Crippen molar-refractivity contribution in [3.63, 3.8) is 0 Å². The standard InChI is InChI=1S/C40H32N4/c1-3-11-31(12-4-1)27-41-23-25-43(29-41)37-21-19-33-15-7-9-17-35(33)39(37)40-36-18-10-8-16-34(36)20-22-38(40)44-26-24-42(30-44)28-32-13-5-2-6-14-32/h1-26,29-30H,27-28H2/q+2. The van der Waals surface area contributed by atoms with Gasteiger partial charge >= 0.3 is 0 Å². The van der Waals surface area contributed by atoms with E-state index < -0.39 is 0 Å². The average Bonchev–Trinajstić information content (AvgIpc) is 3.74. The van der Waals surface area contributed by atoms with Crippen molar-refractivity contribution in [1.29, 1.82) is 0 Å². The van der Waals surface area contributed by atoms with Gasteiger partial charge in [-0.3, -0.25) is 0 Å². The van der Waals surface area contributed by atoms with Crippen molar-refractivity contribution in [3.05, 3.63) is 182 Å². The molecule has 0 fully saturated rings. The van der Waals surface area contributed by atoms with E-state index in [2.05, 4.69) is 189 Å². The third-order valence-corrected chi connectivity index (χ3v) is 8.42. The van der Waals surface area contributed by atoms with Gasteiger partial charge in [0.1, 0.15) is 49.3 Å². The fourth-order valence-corrected chi connectivity index (χ4v) is 6.32. The van der Waals surface area contributed by atoms with Gasteiger partial charge in [0.15, 0.2) is 0 Å². The maximum atomic E-state index is 2.27. The summed E-state index contributed by atoms with van der Waals surface area (Å²) in [7, 11) is 0. The molecule has 6 aromatic carbocycles. The molecule has 4 heteroatoms. The number of hydrogen-bond donors (Lipinski definition) is 0. The highest BCUT2D eigenvalue weighted by atomic mass is 15.1. The third kappa shape index (κ3) is 4.87. The molecular weight excluding hydrogens is 536 g/mol. The minimum atomic E-state index is 0.820. The second kappa shape index (κ2) is 11.2. The van der Waals surface area contributed by atoms with Crippen LogP contribution >= 0.6 is 0 Å². The van der Waals surface area contributed by atoms with Crippen LogP contribution in [0.1, 0.15) is 11.1 Å². The largest absolute Gasteiger partial charge is 0.249 e. The molecule has 0 amide bonds. The van der Waals surface area contributed by atoms with Crippen LogP contribution in [0.4, 0.5) is 0 Å². The number of aromatic nitrogens is 4. The number of fused-ring (bicyclic) bond motifs is 2. The second-order valence-electron chi connectivity index (χ2n) is 11.3. The van der Waals surface area contributed by atoms with Crippen LogP contribution in [0.15, 0.2) is 171 Å². The Balaban J connectivity index is 1.33. The van der Waals surface area contributed by atoms with E-state index in [0.29, 0.717) is 0 Å². The lowest BCUT2D eigenvalue weighted by molar-refractivity contribution is -0.687. The summed E-state index contributed by atoms with van der Waals surface area (Å²) in [6.07, 6.45) is 13.1. The quantitative estimate of drug-likeness (QED) is 0.174. The minimum absolute atomic E-state index is 0.820. The highest BCUT2D eigenvalue weighted by Crippen LogP contribution is 2.41. The molecule has 2 aromatic heterocycles. The molecule has 0 radical (unpaired) electrons. The van der Waals surface area contributed by atoms with Gasteiger partial charge in [-0.05, 0) is 44.8 Å². The lowest BCUT2D eigenvalue weighted by atomic mass is 9.91. The zero-order valence-electron chi connectivity index (χ0n) is 24.4. The summed E-state index contributed by atoms with van der Waals surface area (Å²) in [5.74, 6) is 0. The molecule has 0 unspecified atom stereocenters. The molecule has 2 heterocycles. The summed E-state index contributed by atoms with van der Waals surface area (Å²) >= 11 is 0. The first-order valence-electron chi connectivity index (χ1n) is 15.1. The van der Waals surface area contributed by atoms with E-state index in [1.165, 1.54) is 43.8 Å². The molecule has 8 aromatic rings. The first kappa shape index (κ1) is 25.9. The zero-order valence-corrected chi connectivity index (χ0v) is 24.4. The Morgan fingerprint density at radius 3 is 1.27 bits per heavy atom. The summed E-state index contributed by atoms with van der Waals surface area (Å²) in [5.41, 5.74) is 7.31. The molecule has 0 aliphatic rings. The van der Waals surface area contributed by atoms with Crippen LogP contribution < -0.4 is 9.13 Å². The molecular formula is C40H32N4+2. The molecule has 4 nitrogen and oxygen atoms in total. The van der Waals surface area contributed by atoms with Gasteiger partial charge in [0.05, 0.1) is 0 Å². The zero-order chi connectivity index (χ0) is 29.3. The average molecular weight is 569 g/mol. The van der Waals surface area contributed by atoms with Gasteiger partial charge in [0, 0.05) is 11.1 Å². The summed E-state index contributed by atoms with van der Waals surface area (Å²) in [6.45, 7) is 1.64. The normalized spacial score (nSPS) is 11.4. The topological polar surface area (TPSA) is 17.6 Å². The van der Waals surface area contributed by atoms with E-state index in [1.807, 2.05) is 0 Å². The molecule has 0 N–H and O–H groups in total. The van der Waals surface area contributed by atoms with Crippen molar-refractivity contribution in [1.82, 2.24) is 9.13 Å². The molecule has 0 saturated heterocycles. The molecule has 44 heavy (non-hydrogen) atoms. The van der Waals surface area contributed by atoms with Crippen LogP contribution in [0.25, 0.3) is 44.0 Å². The van der Waals surface area contributed by atoms with Gasteiger partial charge in [0.2, 0.25) is 12.7 Å². The smallest absolute Gasteiger partial charge is 0.232 e. The van der Waals surface area contributed by atoms with Gasteiger partial charge in [-0.1, -0.05) is 121 Å². The Labute approximate surface area is 257 Å². The lowest BCUT2D eigenvalue weighted by Gasteiger charge is -2.16. The molecule has 0 aliphatic carbocycles. The van der Waals surface area contributed by atoms with E-state index >= 15 is 0 Å². The van der Waals surface area contributed by atoms with Crippen molar-refractivity contribution in [2.24, 2.45) is 0 Å². The fourth-order valence-electron chi connectivity index (χ4n) is 6.32. The van der Waals surface area contributed by atoms with Crippen LogP contribution in [-0.2, 0) is 13.1 Å². The summed E-state index contributed by atoms with van der Waals surface area (Å²) in [6, 6.07) is 47.7. The van der Waals surface area contributed by atoms with Crippen LogP contribution in [0, 0.1) is 0 Å². The Kier molecular flexibility index (Phi) is 6.58. The van der Waals surface area contributed by atoms with E-state index in [4.69, 9.17) is 0 Å². The monoisotopic (exact) mass is 568 g/mol. The SMILES string of the molecule is c1ccc(C[n+]2ccn(-c3ccc4ccccc4c3-c3c(-n4cc[n+](Cc5ccccc5)c4)ccc4ccccc34)c2)cc1. The Morgan fingerprint density at radius 1 is 0.409 bits per heavy atom. The first-order chi connectivity index (χ1) is 21.8. The summed E-state index contributed by atoms with van der Waals surface area (Å²) < 4.78 is 9.02. The molecule has 0 atom stereocenters. The van der Waals surface area contributed by atoms with Crippen molar-refractivity contribution in [3.8, 4) is 22.5 Å². The molecule has 210 valence electrons. The van der Waals surface area contributed by atoms with E-state index in [1.54, 1.807) is 0 Å². The molecule has 0 saturated carbocycles. The highest BCUT2D eigenvalue weighted by Gasteiger charge is 2.24. The Bertz CT molecular complexity index is 2060. The molecule has 8 rings (SSSR count). The van der Waals surface area contributed by atoms with Crippen LogP contribution in [0.2, 0.25) is 0 Å². The van der Waals surface area contributed by atoms with Crippen molar-refractivity contribution < 1.29 is 9.13 Å².